The summed E-state index contributed by atoms with van der Waals surface area (Å²) in [6.45, 7) is 4.46. The lowest BCUT2D eigenvalue weighted by molar-refractivity contribution is 0.0952. The van der Waals surface area contributed by atoms with E-state index in [4.69, 9.17) is 0 Å². The molecule has 7 heteroatoms. The lowest BCUT2D eigenvalue weighted by atomic mass is 10.0. The summed E-state index contributed by atoms with van der Waals surface area (Å²) in [7, 11) is 0. The molecule has 0 atom stereocenters. The Kier molecular flexibility index (Phi) is 5.12. The van der Waals surface area contributed by atoms with Gasteiger partial charge in [0.15, 0.2) is 0 Å². The van der Waals surface area contributed by atoms with E-state index in [9.17, 15) is 9.18 Å². The van der Waals surface area contributed by atoms with Crippen LogP contribution in [0.3, 0.4) is 0 Å². The van der Waals surface area contributed by atoms with Gasteiger partial charge in [-0.3, -0.25) is 4.79 Å². The van der Waals surface area contributed by atoms with E-state index in [-0.39, 0.29) is 17.6 Å². The number of nitrogens with zero attached hydrogens (tertiary/aromatic N) is 3. The van der Waals surface area contributed by atoms with E-state index in [2.05, 4.69) is 20.4 Å². The van der Waals surface area contributed by atoms with Gasteiger partial charge in [-0.1, -0.05) is 26.0 Å². The minimum absolute atomic E-state index is 0.0682. The second-order valence-electron chi connectivity index (χ2n) is 7.19. The highest BCUT2D eigenvalue weighted by Gasteiger charge is 2.20. The second-order valence-corrected chi connectivity index (χ2v) is 7.19. The Morgan fingerprint density at radius 2 is 1.93 bits per heavy atom. The van der Waals surface area contributed by atoms with E-state index in [0.29, 0.717) is 18.5 Å². The number of rotatable bonds is 6. The third-order valence-electron chi connectivity index (χ3n) is 4.75. The first kappa shape index (κ1) is 18.9. The molecule has 4 rings (SSSR count). The molecule has 0 saturated carbocycles. The van der Waals surface area contributed by atoms with Crippen LogP contribution in [0.1, 0.15) is 41.6 Å². The number of fused-ring (bicyclic) bond motifs is 1. The van der Waals surface area contributed by atoms with Crippen molar-refractivity contribution in [1.29, 1.82) is 0 Å². The minimum Gasteiger partial charge on any atom is -0.351 e. The van der Waals surface area contributed by atoms with Crippen LogP contribution >= 0.6 is 0 Å². The average Bonchev–Trinajstić information content (AvgIpc) is 3.32. The van der Waals surface area contributed by atoms with Gasteiger partial charge in [0.1, 0.15) is 11.6 Å². The average molecular weight is 391 g/mol. The number of hydrogen-bond donors (Lipinski definition) is 2. The van der Waals surface area contributed by atoms with E-state index in [1.165, 1.54) is 12.1 Å². The maximum Gasteiger partial charge on any atom is 0.254 e. The van der Waals surface area contributed by atoms with Gasteiger partial charge in [0.2, 0.25) is 0 Å². The number of para-hydroxylation sites is 2. The molecule has 1 amide bonds. The van der Waals surface area contributed by atoms with Crippen molar-refractivity contribution in [2.75, 3.05) is 6.54 Å². The number of halogens is 1. The SMILES string of the molecule is CC(C)c1c(C(=O)NCCc2nc3ccccc3[nH]2)cnn1-c1ccc(F)cc1. The standard InChI is InChI=1S/C22H22FN5O/c1-14(2)21-17(13-25-28(21)16-9-7-15(23)8-10-16)22(29)24-12-11-20-26-18-5-3-4-6-19(18)27-20/h3-10,13-14H,11-12H2,1-2H3,(H,24,29)(H,26,27). The van der Waals surface area contributed by atoms with Crippen LogP contribution in [-0.2, 0) is 6.42 Å². The predicted octanol–water partition coefficient (Wildman–Crippen LogP) is 3.98. The van der Waals surface area contributed by atoms with Crippen molar-refractivity contribution >= 4 is 16.9 Å². The first-order valence-corrected chi connectivity index (χ1v) is 9.58. The topological polar surface area (TPSA) is 75.6 Å². The van der Waals surface area contributed by atoms with E-state index >= 15 is 0 Å². The maximum absolute atomic E-state index is 13.2. The van der Waals surface area contributed by atoms with Crippen molar-refractivity contribution in [3.8, 4) is 5.69 Å². The normalized spacial score (nSPS) is 11.3. The van der Waals surface area contributed by atoms with Gasteiger partial charge in [0.25, 0.3) is 5.91 Å². The molecule has 2 heterocycles. The number of nitrogens with one attached hydrogen (secondary N) is 2. The third kappa shape index (κ3) is 3.89. The molecule has 6 nitrogen and oxygen atoms in total. The Morgan fingerprint density at radius 3 is 2.66 bits per heavy atom. The number of imidazole rings is 1. The van der Waals surface area contributed by atoms with Crippen molar-refractivity contribution in [3.05, 3.63) is 77.6 Å². The van der Waals surface area contributed by atoms with Gasteiger partial charge in [-0.15, -0.1) is 0 Å². The Labute approximate surface area is 167 Å². The van der Waals surface area contributed by atoms with Crippen LogP contribution in [0, 0.1) is 5.82 Å². The Balaban J connectivity index is 1.48. The summed E-state index contributed by atoms with van der Waals surface area (Å²) in [5, 5.41) is 7.32. The Hall–Kier alpha value is -3.48. The van der Waals surface area contributed by atoms with Crippen molar-refractivity contribution in [3.63, 3.8) is 0 Å². The number of amides is 1. The number of aromatic nitrogens is 4. The molecule has 0 aliphatic carbocycles. The van der Waals surface area contributed by atoms with Gasteiger partial charge in [0.05, 0.1) is 34.2 Å². The fraction of sp³-hybridized carbons (Fsp3) is 0.227. The molecule has 29 heavy (non-hydrogen) atoms. The molecule has 148 valence electrons. The summed E-state index contributed by atoms with van der Waals surface area (Å²) >= 11 is 0. The van der Waals surface area contributed by atoms with Gasteiger partial charge < -0.3 is 10.3 Å². The summed E-state index contributed by atoms with van der Waals surface area (Å²) in [5.41, 5.74) is 3.93. The fourth-order valence-corrected chi connectivity index (χ4v) is 3.39. The predicted molar refractivity (Wildman–Crippen MR) is 110 cm³/mol. The molecule has 0 fully saturated rings. The van der Waals surface area contributed by atoms with E-state index in [1.807, 2.05) is 38.1 Å². The Morgan fingerprint density at radius 1 is 1.17 bits per heavy atom. The van der Waals surface area contributed by atoms with Gasteiger partial charge >= 0.3 is 0 Å². The molecule has 2 aromatic heterocycles. The highest BCUT2D eigenvalue weighted by molar-refractivity contribution is 5.95. The second kappa shape index (κ2) is 7.87. The number of carbonyl (C=O) groups excluding carboxylic acids is 1. The molecule has 0 unspecified atom stereocenters. The van der Waals surface area contributed by atoms with E-state index in [1.54, 1.807) is 23.0 Å². The van der Waals surface area contributed by atoms with Crippen molar-refractivity contribution in [2.24, 2.45) is 0 Å². The van der Waals surface area contributed by atoms with Crippen molar-refractivity contribution in [1.82, 2.24) is 25.1 Å². The lowest BCUT2D eigenvalue weighted by Crippen LogP contribution is -2.27. The molecule has 0 radical (unpaired) electrons. The zero-order valence-corrected chi connectivity index (χ0v) is 16.3. The van der Waals surface area contributed by atoms with Crippen LogP contribution in [0.15, 0.2) is 54.7 Å². The molecular weight excluding hydrogens is 369 g/mol. The molecule has 0 saturated heterocycles. The summed E-state index contributed by atoms with van der Waals surface area (Å²) in [6.07, 6.45) is 2.17. The molecular formula is C22H22FN5O. The van der Waals surface area contributed by atoms with Crippen molar-refractivity contribution < 1.29 is 9.18 Å². The van der Waals surface area contributed by atoms with Crippen LogP contribution in [-0.4, -0.2) is 32.2 Å². The molecule has 2 aromatic carbocycles. The van der Waals surface area contributed by atoms with Crippen LogP contribution in [0.25, 0.3) is 16.7 Å². The smallest absolute Gasteiger partial charge is 0.254 e. The molecule has 2 N–H and O–H groups in total. The summed E-state index contributed by atoms with van der Waals surface area (Å²) in [5.74, 6) is 0.407. The fourth-order valence-electron chi connectivity index (χ4n) is 3.39. The highest BCUT2D eigenvalue weighted by atomic mass is 19.1. The maximum atomic E-state index is 13.2. The number of benzene rings is 2. The molecule has 0 bridgehead atoms. The number of carbonyl (C=O) groups is 1. The van der Waals surface area contributed by atoms with Gasteiger partial charge in [-0.25, -0.2) is 14.1 Å². The Bertz CT molecular complexity index is 1110. The van der Waals surface area contributed by atoms with Crippen LogP contribution in [0.2, 0.25) is 0 Å². The van der Waals surface area contributed by atoms with Crippen LogP contribution < -0.4 is 5.32 Å². The lowest BCUT2D eigenvalue weighted by Gasteiger charge is -2.13. The van der Waals surface area contributed by atoms with Crippen LogP contribution in [0.4, 0.5) is 4.39 Å². The third-order valence-corrected chi connectivity index (χ3v) is 4.75. The number of H-pyrrole nitrogens is 1. The van der Waals surface area contributed by atoms with Gasteiger partial charge in [-0.05, 0) is 42.3 Å². The zero-order chi connectivity index (χ0) is 20.4. The summed E-state index contributed by atoms with van der Waals surface area (Å²) < 4.78 is 14.9. The first-order chi connectivity index (χ1) is 14.0. The molecule has 4 aromatic rings. The molecule has 0 spiro atoms. The van der Waals surface area contributed by atoms with E-state index in [0.717, 1.165) is 28.2 Å². The highest BCUT2D eigenvalue weighted by Crippen LogP contribution is 2.23. The number of hydrogen-bond acceptors (Lipinski definition) is 3. The largest absolute Gasteiger partial charge is 0.351 e. The number of aromatic amines is 1. The van der Waals surface area contributed by atoms with E-state index < -0.39 is 0 Å². The zero-order valence-electron chi connectivity index (χ0n) is 16.3. The monoisotopic (exact) mass is 391 g/mol. The van der Waals surface area contributed by atoms with Crippen LogP contribution in [0.5, 0.6) is 0 Å². The summed E-state index contributed by atoms with van der Waals surface area (Å²) in [6, 6.07) is 13.9. The first-order valence-electron chi connectivity index (χ1n) is 9.58. The minimum atomic E-state index is -0.310. The molecule has 0 aliphatic rings. The van der Waals surface area contributed by atoms with Crippen molar-refractivity contribution in [2.45, 2.75) is 26.2 Å². The summed E-state index contributed by atoms with van der Waals surface area (Å²) in [4.78, 5) is 20.6. The van der Waals surface area contributed by atoms with Gasteiger partial charge in [-0.2, -0.15) is 5.10 Å². The quantitative estimate of drug-likeness (QED) is 0.522. The molecule has 0 aliphatic heterocycles. The van der Waals surface area contributed by atoms with Gasteiger partial charge in [0, 0.05) is 13.0 Å².